The summed E-state index contributed by atoms with van der Waals surface area (Å²) in [6.45, 7) is -0.323. The third-order valence-corrected chi connectivity index (χ3v) is 4.22. The molecule has 11 heteroatoms. The number of imide groups is 1. The van der Waals surface area contributed by atoms with Gasteiger partial charge in [-0.15, -0.1) is 0 Å². The van der Waals surface area contributed by atoms with Crippen LogP contribution in [0, 0.1) is 10.1 Å². The van der Waals surface area contributed by atoms with E-state index in [4.69, 9.17) is 0 Å². The highest BCUT2D eigenvalue weighted by atomic mass is 16.6. The number of nitro groups is 1. The van der Waals surface area contributed by atoms with Crippen LogP contribution in [0.2, 0.25) is 0 Å². The standard InChI is InChI=1S/C19H17N5O6/c25-16(9-20-18(27)13-4-2-6-15(8-13)24(29)30)22-14-5-1-3-12(7-14)11-23-17(26)10-21-19(23)28/h1-8H,9-11H2,(H,20,27)(H,21,28)(H,22,25). The number of nitrogens with one attached hydrogen (secondary N) is 3. The molecule has 2 aromatic carbocycles. The molecular weight excluding hydrogens is 394 g/mol. The van der Waals surface area contributed by atoms with Gasteiger partial charge < -0.3 is 16.0 Å². The summed E-state index contributed by atoms with van der Waals surface area (Å²) in [6.07, 6.45) is 0. The number of hydrogen-bond acceptors (Lipinski definition) is 6. The smallest absolute Gasteiger partial charge is 0.324 e. The van der Waals surface area contributed by atoms with E-state index < -0.39 is 22.8 Å². The van der Waals surface area contributed by atoms with Gasteiger partial charge in [0.25, 0.3) is 11.6 Å². The largest absolute Gasteiger partial charge is 0.343 e. The van der Waals surface area contributed by atoms with Crippen molar-refractivity contribution >= 4 is 35.1 Å². The lowest BCUT2D eigenvalue weighted by Gasteiger charge is -2.13. The molecule has 1 saturated heterocycles. The average Bonchev–Trinajstić information content (AvgIpc) is 3.04. The highest BCUT2D eigenvalue weighted by Gasteiger charge is 2.28. The molecule has 0 aromatic heterocycles. The number of anilines is 1. The first-order valence-corrected chi connectivity index (χ1v) is 8.83. The lowest BCUT2D eigenvalue weighted by atomic mass is 10.2. The van der Waals surface area contributed by atoms with Crippen LogP contribution in [-0.2, 0) is 16.1 Å². The molecule has 0 atom stereocenters. The van der Waals surface area contributed by atoms with Crippen LogP contribution in [0.1, 0.15) is 15.9 Å². The highest BCUT2D eigenvalue weighted by Crippen LogP contribution is 2.15. The molecule has 1 aliphatic heterocycles. The summed E-state index contributed by atoms with van der Waals surface area (Å²) in [5.74, 6) is -1.47. The number of hydrogen-bond donors (Lipinski definition) is 3. The first-order chi connectivity index (χ1) is 14.3. The van der Waals surface area contributed by atoms with Crippen molar-refractivity contribution in [3.8, 4) is 0 Å². The molecule has 30 heavy (non-hydrogen) atoms. The van der Waals surface area contributed by atoms with Gasteiger partial charge in [0.2, 0.25) is 11.8 Å². The van der Waals surface area contributed by atoms with Crippen molar-refractivity contribution in [2.45, 2.75) is 6.54 Å². The zero-order valence-corrected chi connectivity index (χ0v) is 15.6. The minimum atomic E-state index is -0.624. The van der Waals surface area contributed by atoms with Crippen LogP contribution in [0.4, 0.5) is 16.2 Å². The third kappa shape index (κ3) is 4.95. The maximum Gasteiger partial charge on any atom is 0.324 e. The van der Waals surface area contributed by atoms with Gasteiger partial charge in [0.15, 0.2) is 0 Å². The molecular formula is C19H17N5O6. The SMILES string of the molecule is O=C(CNC(=O)c1cccc([N+](=O)[O-])c1)Nc1cccc(CN2C(=O)CNC2=O)c1. The molecule has 2 aromatic rings. The normalized spacial score (nSPS) is 13.0. The van der Waals surface area contributed by atoms with E-state index >= 15 is 0 Å². The van der Waals surface area contributed by atoms with E-state index in [9.17, 15) is 29.3 Å². The molecule has 0 aliphatic carbocycles. The molecule has 1 aliphatic rings. The van der Waals surface area contributed by atoms with E-state index in [0.29, 0.717) is 11.3 Å². The maximum absolute atomic E-state index is 12.1. The molecule has 5 amide bonds. The van der Waals surface area contributed by atoms with Gasteiger partial charge in [-0.05, 0) is 23.8 Å². The van der Waals surface area contributed by atoms with Gasteiger partial charge >= 0.3 is 6.03 Å². The molecule has 11 nitrogen and oxygen atoms in total. The molecule has 0 spiro atoms. The summed E-state index contributed by atoms with van der Waals surface area (Å²) in [5, 5.41) is 18.2. The van der Waals surface area contributed by atoms with Gasteiger partial charge in [-0.25, -0.2) is 4.79 Å². The fourth-order valence-corrected chi connectivity index (χ4v) is 2.77. The number of carbonyl (C=O) groups excluding carboxylic acids is 4. The molecule has 0 saturated carbocycles. The Kier molecular flexibility index (Phi) is 6.01. The quantitative estimate of drug-likeness (QED) is 0.351. The van der Waals surface area contributed by atoms with E-state index in [1.54, 1.807) is 24.3 Å². The number of amides is 5. The van der Waals surface area contributed by atoms with E-state index in [1.165, 1.54) is 18.2 Å². The Balaban J connectivity index is 1.55. The Labute approximate surface area is 170 Å². The lowest BCUT2D eigenvalue weighted by Crippen LogP contribution is -2.33. The summed E-state index contributed by atoms with van der Waals surface area (Å²) in [7, 11) is 0. The second-order valence-electron chi connectivity index (χ2n) is 6.38. The van der Waals surface area contributed by atoms with Crippen molar-refractivity contribution < 1.29 is 24.1 Å². The molecule has 1 heterocycles. The minimum absolute atomic E-state index is 0.0421. The second kappa shape index (κ2) is 8.82. The Hall–Kier alpha value is -4.28. The van der Waals surface area contributed by atoms with Crippen molar-refractivity contribution in [2.75, 3.05) is 18.4 Å². The van der Waals surface area contributed by atoms with Crippen LogP contribution in [0.3, 0.4) is 0 Å². The summed E-state index contributed by atoms with van der Waals surface area (Å²) in [5.41, 5.74) is 0.898. The number of rotatable bonds is 7. The Morgan fingerprint density at radius 1 is 1.13 bits per heavy atom. The van der Waals surface area contributed by atoms with Gasteiger partial charge in [0.05, 0.1) is 24.6 Å². The Morgan fingerprint density at radius 3 is 2.60 bits per heavy atom. The number of non-ortho nitro benzene ring substituents is 1. The fraction of sp³-hybridized carbons (Fsp3) is 0.158. The Morgan fingerprint density at radius 2 is 1.90 bits per heavy atom. The van der Waals surface area contributed by atoms with Crippen LogP contribution in [0.25, 0.3) is 0 Å². The van der Waals surface area contributed by atoms with Gasteiger partial charge in [-0.1, -0.05) is 18.2 Å². The molecule has 0 unspecified atom stereocenters. The first-order valence-electron chi connectivity index (χ1n) is 8.83. The van der Waals surface area contributed by atoms with Crippen molar-refractivity contribution in [1.82, 2.24) is 15.5 Å². The molecule has 154 valence electrons. The molecule has 3 rings (SSSR count). The molecule has 0 bridgehead atoms. The van der Waals surface area contributed by atoms with Crippen LogP contribution < -0.4 is 16.0 Å². The number of carbonyl (C=O) groups is 4. The van der Waals surface area contributed by atoms with Crippen molar-refractivity contribution in [1.29, 1.82) is 0 Å². The van der Waals surface area contributed by atoms with Crippen molar-refractivity contribution in [2.24, 2.45) is 0 Å². The predicted molar refractivity (Wildman–Crippen MR) is 104 cm³/mol. The number of nitro benzene ring substituents is 1. The predicted octanol–water partition coefficient (Wildman–Crippen LogP) is 1.02. The topological polar surface area (TPSA) is 151 Å². The van der Waals surface area contributed by atoms with Crippen LogP contribution in [0.5, 0.6) is 0 Å². The van der Waals surface area contributed by atoms with Gasteiger partial charge in [0, 0.05) is 23.4 Å². The minimum Gasteiger partial charge on any atom is -0.343 e. The zero-order chi connectivity index (χ0) is 21.7. The van der Waals surface area contributed by atoms with Gasteiger partial charge in [-0.2, -0.15) is 0 Å². The average molecular weight is 411 g/mol. The summed E-state index contributed by atoms with van der Waals surface area (Å²) in [6, 6.07) is 11.3. The first kappa shape index (κ1) is 20.5. The number of benzene rings is 2. The van der Waals surface area contributed by atoms with Crippen LogP contribution >= 0.6 is 0 Å². The zero-order valence-electron chi connectivity index (χ0n) is 15.6. The monoisotopic (exact) mass is 411 g/mol. The van der Waals surface area contributed by atoms with Crippen molar-refractivity contribution in [3.63, 3.8) is 0 Å². The second-order valence-corrected chi connectivity index (χ2v) is 6.38. The van der Waals surface area contributed by atoms with Crippen molar-refractivity contribution in [3.05, 3.63) is 69.8 Å². The lowest BCUT2D eigenvalue weighted by molar-refractivity contribution is -0.384. The Bertz CT molecular complexity index is 1020. The highest BCUT2D eigenvalue weighted by molar-refractivity contribution is 6.02. The molecule has 3 N–H and O–H groups in total. The molecule has 1 fully saturated rings. The van der Waals surface area contributed by atoms with E-state index in [-0.39, 0.29) is 36.8 Å². The number of nitrogens with zero attached hydrogens (tertiary/aromatic N) is 2. The van der Waals surface area contributed by atoms with Gasteiger partial charge in [0.1, 0.15) is 0 Å². The summed E-state index contributed by atoms with van der Waals surface area (Å²) < 4.78 is 0. The molecule has 0 radical (unpaired) electrons. The third-order valence-electron chi connectivity index (χ3n) is 4.22. The fourth-order valence-electron chi connectivity index (χ4n) is 2.77. The van der Waals surface area contributed by atoms with E-state index in [0.717, 1.165) is 11.0 Å². The summed E-state index contributed by atoms with van der Waals surface area (Å²) >= 11 is 0. The summed E-state index contributed by atoms with van der Waals surface area (Å²) in [4.78, 5) is 58.7. The van der Waals surface area contributed by atoms with Gasteiger partial charge in [-0.3, -0.25) is 29.4 Å². The van der Waals surface area contributed by atoms with Crippen LogP contribution in [-0.4, -0.2) is 46.7 Å². The maximum atomic E-state index is 12.1. The number of urea groups is 1. The van der Waals surface area contributed by atoms with E-state index in [2.05, 4.69) is 16.0 Å². The van der Waals surface area contributed by atoms with Crippen LogP contribution in [0.15, 0.2) is 48.5 Å². The van der Waals surface area contributed by atoms with E-state index in [1.807, 2.05) is 0 Å².